The number of nitrogens with one attached hydrogen (secondary N) is 1. The first-order chi connectivity index (χ1) is 21.2. The van der Waals surface area contributed by atoms with E-state index in [0.29, 0.717) is 33.0 Å². The molecule has 2 amide bonds. The summed E-state index contributed by atoms with van der Waals surface area (Å²) in [5.74, 6) is -2.15. The van der Waals surface area contributed by atoms with Crippen molar-refractivity contribution in [2.24, 2.45) is 5.73 Å². The van der Waals surface area contributed by atoms with E-state index in [1.165, 1.54) is 17.5 Å². The minimum Gasteiger partial charge on any atom is -0.365 e. The molecule has 6 aromatic heterocycles. The maximum Gasteiger partial charge on any atom is 0.433 e. The molecule has 0 aliphatic carbocycles. The Hall–Kier alpha value is -4.84. The third-order valence-electron chi connectivity index (χ3n) is 6.83. The summed E-state index contributed by atoms with van der Waals surface area (Å²) in [6.07, 6.45) is -8.38. The van der Waals surface area contributed by atoms with Crippen LogP contribution in [0.25, 0.3) is 37.6 Å². The molecular weight excluding hydrogens is 646 g/mol. The van der Waals surface area contributed by atoms with Crippen molar-refractivity contribution in [3.05, 3.63) is 69.6 Å². The summed E-state index contributed by atoms with van der Waals surface area (Å²) in [5, 5.41) is 12.1. The molecule has 0 aromatic carbocycles. The van der Waals surface area contributed by atoms with Crippen LogP contribution in [0.15, 0.2) is 41.9 Å². The van der Waals surface area contributed by atoms with Gasteiger partial charge in [-0.25, -0.2) is 14.5 Å². The molecule has 0 saturated carbocycles. The first kappa shape index (κ1) is 30.2. The number of pyridine rings is 1. The number of aromatic nitrogens is 6. The fourth-order valence-corrected chi connectivity index (χ4v) is 6.49. The maximum absolute atomic E-state index is 14.0. The van der Waals surface area contributed by atoms with Gasteiger partial charge in [0.2, 0.25) is 0 Å². The number of carbonyl (C=O) groups is 2. The highest BCUT2D eigenvalue weighted by Crippen LogP contribution is 2.44. The fourth-order valence-electron chi connectivity index (χ4n) is 4.79. The number of hydrogen-bond acceptors (Lipinski definition) is 8. The summed E-state index contributed by atoms with van der Waals surface area (Å²) in [6.45, 7) is 3.82. The number of aryl methyl sites for hydroxylation is 1. The lowest BCUT2D eigenvalue weighted by Gasteiger charge is -2.12. The third kappa shape index (κ3) is 5.28. The predicted molar refractivity (Wildman–Crippen MR) is 154 cm³/mol. The van der Waals surface area contributed by atoms with E-state index in [0.717, 1.165) is 18.2 Å². The molecule has 0 fully saturated rings. The average molecular weight is 665 g/mol. The molecule has 18 heteroatoms. The zero-order chi connectivity index (χ0) is 32.4. The van der Waals surface area contributed by atoms with Crippen molar-refractivity contribution in [3.63, 3.8) is 0 Å². The van der Waals surface area contributed by atoms with Gasteiger partial charge in [0.15, 0.2) is 17.0 Å². The number of nitrogens with two attached hydrogens (primary N) is 1. The number of amides is 2. The van der Waals surface area contributed by atoms with Crippen LogP contribution < -0.4 is 11.1 Å². The SMILES string of the molecule is CCn1ncc(-c2cc(C(F)(F)F)nc3sc(C(N)=O)c(NC(=O)c4cc5nc(-c6cccs6)cc(C(F)(F)F)n5n4)c23)c1C. The Labute approximate surface area is 256 Å². The molecule has 0 saturated heterocycles. The topological polar surface area (TPSA) is 133 Å². The lowest BCUT2D eigenvalue weighted by atomic mass is 10.0. The Morgan fingerprint density at radius 3 is 2.40 bits per heavy atom. The van der Waals surface area contributed by atoms with E-state index < -0.39 is 41.2 Å². The van der Waals surface area contributed by atoms with E-state index in [-0.39, 0.29) is 43.2 Å². The summed E-state index contributed by atoms with van der Waals surface area (Å²) in [5.41, 5.74) is 2.77. The normalized spacial score (nSPS) is 12.4. The van der Waals surface area contributed by atoms with Crippen LogP contribution in [0.1, 0.15) is 44.2 Å². The number of nitrogens with zero attached hydrogens (tertiary/aromatic N) is 6. The molecule has 6 heterocycles. The molecule has 0 bridgehead atoms. The highest BCUT2D eigenvalue weighted by atomic mass is 32.1. The van der Waals surface area contributed by atoms with Gasteiger partial charge in [-0.3, -0.25) is 14.3 Å². The van der Waals surface area contributed by atoms with Gasteiger partial charge in [0.25, 0.3) is 11.8 Å². The second-order valence-corrected chi connectivity index (χ2v) is 11.6. The van der Waals surface area contributed by atoms with Crippen LogP contribution in [0.3, 0.4) is 0 Å². The molecular formula is C27H18F6N8O2S2. The summed E-state index contributed by atoms with van der Waals surface area (Å²) in [6, 6.07) is 5.83. The summed E-state index contributed by atoms with van der Waals surface area (Å²) >= 11 is 1.69. The first-order valence-corrected chi connectivity index (χ1v) is 14.6. The van der Waals surface area contributed by atoms with Gasteiger partial charge in [0.1, 0.15) is 15.4 Å². The van der Waals surface area contributed by atoms with E-state index in [2.05, 4.69) is 25.5 Å². The Morgan fingerprint density at radius 1 is 1.04 bits per heavy atom. The number of primary amides is 1. The molecule has 0 unspecified atom stereocenters. The van der Waals surface area contributed by atoms with Crippen molar-refractivity contribution >= 4 is 56.0 Å². The Bertz CT molecular complexity index is 2130. The standard InChI is InChI=1S/C27H18F6N8O2S2/c1-3-40-11(2)13(10-35-40)12-7-17(26(28,29)30)37-25-20(12)21(22(45-25)23(34)42)38-24(43)15-9-19-36-14(16-5-4-6-44-16)8-18(27(31,32)33)41(19)39-15/h4-10H,3H2,1-2H3,(H2,34,42)(H,38,43). The van der Waals surface area contributed by atoms with Crippen LogP contribution in [0.2, 0.25) is 0 Å². The lowest BCUT2D eigenvalue weighted by Crippen LogP contribution is -2.18. The van der Waals surface area contributed by atoms with E-state index in [4.69, 9.17) is 5.73 Å². The second kappa shape index (κ2) is 10.7. The van der Waals surface area contributed by atoms with E-state index in [9.17, 15) is 35.9 Å². The van der Waals surface area contributed by atoms with Crippen molar-refractivity contribution in [1.82, 2.24) is 29.4 Å². The molecule has 0 atom stereocenters. The number of fused-ring (bicyclic) bond motifs is 2. The average Bonchev–Trinajstić information content (AvgIpc) is 3.76. The monoisotopic (exact) mass is 664 g/mol. The van der Waals surface area contributed by atoms with Gasteiger partial charge in [-0.2, -0.15) is 36.5 Å². The molecule has 10 nitrogen and oxygen atoms in total. The van der Waals surface area contributed by atoms with Crippen LogP contribution in [-0.4, -0.2) is 41.2 Å². The van der Waals surface area contributed by atoms with Crippen molar-refractivity contribution in [2.45, 2.75) is 32.7 Å². The first-order valence-electron chi connectivity index (χ1n) is 12.9. The van der Waals surface area contributed by atoms with E-state index >= 15 is 0 Å². The molecule has 0 spiro atoms. The minimum absolute atomic E-state index is 0.00991. The van der Waals surface area contributed by atoms with Crippen LogP contribution in [0, 0.1) is 6.92 Å². The zero-order valence-corrected chi connectivity index (χ0v) is 24.5. The van der Waals surface area contributed by atoms with Crippen molar-refractivity contribution < 1.29 is 35.9 Å². The van der Waals surface area contributed by atoms with E-state index in [1.807, 2.05) is 0 Å². The van der Waals surface area contributed by atoms with Crippen LogP contribution in [0.5, 0.6) is 0 Å². The number of hydrogen-bond donors (Lipinski definition) is 2. The lowest BCUT2D eigenvalue weighted by molar-refractivity contribution is -0.143. The van der Waals surface area contributed by atoms with Crippen LogP contribution >= 0.6 is 22.7 Å². The molecule has 0 aliphatic heterocycles. The quantitative estimate of drug-likeness (QED) is 0.192. The van der Waals surface area contributed by atoms with Gasteiger partial charge in [-0.15, -0.1) is 22.7 Å². The number of thiophene rings is 2. The fraction of sp³-hybridized carbons (Fsp3) is 0.185. The van der Waals surface area contributed by atoms with Gasteiger partial charge in [0.05, 0.1) is 22.5 Å². The molecule has 3 N–H and O–H groups in total. The summed E-state index contributed by atoms with van der Waals surface area (Å²) in [4.78, 5) is 33.8. The largest absolute Gasteiger partial charge is 0.433 e. The molecule has 232 valence electrons. The molecule has 0 aliphatic rings. The Balaban J connectivity index is 1.53. The Kier molecular flexibility index (Phi) is 7.15. The smallest absolute Gasteiger partial charge is 0.365 e. The third-order valence-corrected chi connectivity index (χ3v) is 8.82. The van der Waals surface area contributed by atoms with Crippen LogP contribution in [-0.2, 0) is 18.9 Å². The van der Waals surface area contributed by atoms with Crippen molar-refractivity contribution in [1.29, 1.82) is 0 Å². The van der Waals surface area contributed by atoms with Gasteiger partial charge in [-0.05, 0) is 43.0 Å². The highest BCUT2D eigenvalue weighted by molar-refractivity contribution is 7.21. The minimum atomic E-state index is -4.87. The van der Waals surface area contributed by atoms with E-state index in [1.54, 1.807) is 36.0 Å². The second-order valence-electron chi connectivity index (χ2n) is 9.62. The number of rotatable bonds is 6. The predicted octanol–water partition coefficient (Wildman–Crippen LogP) is 6.65. The number of anilines is 1. The summed E-state index contributed by atoms with van der Waals surface area (Å²) < 4.78 is 85.7. The molecule has 6 aromatic rings. The van der Waals surface area contributed by atoms with Crippen molar-refractivity contribution in [3.8, 4) is 21.7 Å². The molecule has 6 rings (SSSR count). The van der Waals surface area contributed by atoms with Gasteiger partial charge >= 0.3 is 12.4 Å². The number of halogens is 6. The zero-order valence-electron chi connectivity index (χ0n) is 22.9. The number of alkyl halides is 6. The van der Waals surface area contributed by atoms with Gasteiger partial charge in [0, 0.05) is 29.3 Å². The highest BCUT2D eigenvalue weighted by Gasteiger charge is 2.37. The van der Waals surface area contributed by atoms with Gasteiger partial charge < -0.3 is 11.1 Å². The molecule has 45 heavy (non-hydrogen) atoms. The number of carbonyl (C=O) groups excluding carboxylic acids is 2. The van der Waals surface area contributed by atoms with Crippen molar-refractivity contribution in [2.75, 3.05) is 5.32 Å². The summed E-state index contributed by atoms with van der Waals surface area (Å²) in [7, 11) is 0. The van der Waals surface area contributed by atoms with Crippen LogP contribution in [0.4, 0.5) is 32.0 Å². The van der Waals surface area contributed by atoms with Gasteiger partial charge in [-0.1, -0.05) is 6.07 Å². The maximum atomic E-state index is 14.0. The molecule has 0 radical (unpaired) electrons. The Morgan fingerprint density at radius 2 is 1.80 bits per heavy atom.